The molecule has 0 amide bonds. The molecule has 2 rings (SSSR count). The Balaban J connectivity index is 2.70. The maximum absolute atomic E-state index is 9.42. The third-order valence-electron chi connectivity index (χ3n) is 1.79. The van der Waals surface area contributed by atoms with Gasteiger partial charge in [0, 0.05) is 9.60 Å². The smallest absolute Gasteiger partial charge is 0.130 e. The second kappa shape index (κ2) is 3.44. The van der Waals surface area contributed by atoms with Crippen LogP contribution in [0.4, 0.5) is 0 Å². The molecule has 0 fully saturated rings. The standard InChI is InChI=1S/C9H8OS3/c1-12-9-3-5-2-7(11)6(10)4-8(5)13-9/h2-4,10-11H,1H3. The fraction of sp³-hybridized carbons (Fsp3) is 0.111. The number of phenolic OH excluding ortho intramolecular Hbond substituents is 1. The van der Waals surface area contributed by atoms with Crippen molar-refractivity contribution >= 4 is 45.8 Å². The van der Waals surface area contributed by atoms with E-state index in [9.17, 15) is 5.11 Å². The Hall–Kier alpha value is -0.320. The number of benzene rings is 1. The lowest BCUT2D eigenvalue weighted by molar-refractivity contribution is 0.464. The summed E-state index contributed by atoms with van der Waals surface area (Å²) in [6, 6.07) is 5.77. The monoisotopic (exact) mass is 228 g/mol. The van der Waals surface area contributed by atoms with Crippen LogP contribution in [0.3, 0.4) is 0 Å². The SMILES string of the molecule is CSc1cc2cc(S)c(O)cc2s1. The molecule has 1 aromatic heterocycles. The molecule has 0 aliphatic heterocycles. The molecule has 0 spiro atoms. The predicted molar refractivity (Wildman–Crippen MR) is 62.5 cm³/mol. The number of rotatable bonds is 1. The fourth-order valence-corrected chi connectivity index (χ4v) is 3.00. The lowest BCUT2D eigenvalue weighted by atomic mass is 10.2. The largest absolute Gasteiger partial charge is 0.507 e. The van der Waals surface area contributed by atoms with Crippen LogP contribution < -0.4 is 0 Å². The molecule has 0 aliphatic rings. The van der Waals surface area contributed by atoms with Crippen LogP contribution >= 0.6 is 35.7 Å². The highest BCUT2D eigenvalue weighted by molar-refractivity contribution is 8.00. The van der Waals surface area contributed by atoms with E-state index < -0.39 is 0 Å². The molecule has 4 heteroatoms. The Bertz CT molecular complexity index is 408. The van der Waals surface area contributed by atoms with Gasteiger partial charge >= 0.3 is 0 Å². The fourth-order valence-electron chi connectivity index (χ4n) is 1.14. The van der Waals surface area contributed by atoms with Gasteiger partial charge in [-0.2, -0.15) is 0 Å². The van der Waals surface area contributed by atoms with Crippen molar-refractivity contribution in [3.8, 4) is 5.75 Å². The third kappa shape index (κ3) is 1.66. The predicted octanol–water partition coefficient (Wildman–Crippen LogP) is 3.62. The lowest BCUT2D eigenvalue weighted by Gasteiger charge is -1.95. The van der Waals surface area contributed by atoms with Crippen molar-refractivity contribution in [2.75, 3.05) is 6.26 Å². The molecule has 0 aliphatic carbocycles. The summed E-state index contributed by atoms with van der Waals surface area (Å²) >= 11 is 7.57. The minimum Gasteiger partial charge on any atom is -0.507 e. The summed E-state index contributed by atoms with van der Waals surface area (Å²) < 4.78 is 2.37. The van der Waals surface area contributed by atoms with E-state index in [2.05, 4.69) is 18.7 Å². The Labute approximate surface area is 90.2 Å². The summed E-state index contributed by atoms with van der Waals surface area (Å²) in [5.41, 5.74) is 0. The van der Waals surface area contributed by atoms with Crippen LogP contribution in [0.5, 0.6) is 5.75 Å². The van der Waals surface area contributed by atoms with Gasteiger partial charge in [-0.1, -0.05) is 0 Å². The van der Waals surface area contributed by atoms with Crippen molar-refractivity contribution in [2.45, 2.75) is 9.10 Å². The van der Waals surface area contributed by atoms with Crippen molar-refractivity contribution in [1.29, 1.82) is 0 Å². The molecule has 68 valence electrons. The maximum atomic E-state index is 9.42. The molecule has 0 saturated heterocycles. The van der Waals surface area contributed by atoms with Crippen LogP contribution in [-0.2, 0) is 0 Å². The Morgan fingerprint density at radius 3 is 2.85 bits per heavy atom. The van der Waals surface area contributed by atoms with Crippen LogP contribution in [0.15, 0.2) is 27.3 Å². The first-order chi connectivity index (χ1) is 6.20. The number of fused-ring (bicyclic) bond motifs is 1. The quantitative estimate of drug-likeness (QED) is 0.574. The zero-order chi connectivity index (χ0) is 9.42. The van der Waals surface area contributed by atoms with Gasteiger partial charge in [0.2, 0.25) is 0 Å². The van der Waals surface area contributed by atoms with E-state index in [0.717, 1.165) is 10.1 Å². The number of phenols is 1. The van der Waals surface area contributed by atoms with Gasteiger partial charge in [-0.15, -0.1) is 35.7 Å². The van der Waals surface area contributed by atoms with Crippen molar-refractivity contribution < 1.29 is 5.11 Å². The molecule has 1 aromatic carbocycles. The van der Waals surface area contributed by atoms with Crippen LogP contribution in [0, 0.1) is 0 Å². The van der Waals surface area contributed by atoms with Crippen LogP contribution in [0.1, 0.15) is 0 Å². The molecule has 1 N–H and O–H groups in total. The topological polar surface area (TPSA) is 20.2 Å². The lowest BCUT2D eigenvalue weighted by Crippen LogP contribution is -1.68. The zero-order valence-electron chi connectivity index (χ0n) is 6.94. The van der Waals surface area contributed by atoms with Crippen LogP contribution in [-0.4, -0.2) is 11.4 Å². The van der Waals surface area contributed by atoms with E-state index in [1.165, 1.54) is 4.21 Å². The summed E-state index contributed by atoms with van der Waals surface area (Å²) in [5, 5.41) is 10.6. The number of hydrogen-bond donors (Lipinski definition) is 2. The third-order valence-corrected chi connectivity index (χ3v) is 4.31. The van der Waals surface area contributed by atoms with E-state index in [1.807, 2.05) is 12.3 Å². The number of thiol groups is 1. The van der Waals surface area contributed by atoms with E-state index in [1.54, 1.807) is 29.2 Å². The van der Waals surface area contributed by atoms with Gasteiger partial charge in [-0.05, 0) is 29.8 Å². The van der Waals surface area contributed by atoms with E-state index >= 15 is 0 Å². The highest BCUT2D eigenvalue weighted by Gasteiger charge is 2.04. The van der Waals surface area contributed by atoms with Gasteiger partial charge in [0.1, 0.15) is 5.75 Å². The Kier molecular flexibility index (Phi) is 2.45. The molecule has 0 bridgehead atoms. The van der Waals surface area contributed by atoms with E-state index in [-0.39, 0.29) is 5.75 Å². The summed E-state index contributed by atoms with van der Waals surface area (Å²) in [6.45, 7) is 0. The minimum atomic E-state index is 0.255. The maximum Gasteiger partial charge on any atom is 0.130 e. The van der Waals surface area contributed by atoms with Gasteiger partial charge in [0.05, 0.1) is 4.21 Å². The molecule has 1 nitrogen and oxygen atoms in total. The van der Waals surface area contributed by atoms with Gasteiger partial charge in [-0.25, -0.2) is 0 Å². The van der Waals surface area contributed by atoms with E-state index in [0.29, 0.717) is 4.90 Å². The van der Waals surface area contributed by atoms with Crippen LogP contribution in [0.25, 0.3) is 10.1 Å². The summed E-state index contributed by atoms with van der Waals surface area (Å²) in [4.78, 5) is 0.637. The molecule has 0 unspecified atom stereocenters. The summed E-state index contributed by atoms with van der Waals surface area (Å²) in [7, 11) is 0. The molecule has 0 saturated carbocycles. The van der Waals surface area contributed by atoms with Crippen molar-refractivity contribution in [1.82, 2.24) is 0 Å². The number of hydrogen-bond acceptors (Lipinski definition) is 4. The summed E-state index contributed by atoms with van der Waals surface area (Å²) in [5.74, 6) is 0.255. The first-order valence-corrected chi connectivity index (χ1v) is 6.19. The molecule has 13 heavy (non-hydrogen) atoms. The average molecular weight is 228 g/mol. The highest BCUT2D eigenvalue weighted by Crippen LogP contribution is 2.36. The summed E-state index contributed by atoms with van der Waals surface area (Å²) in [6.07, 6.45) is 2.05. The average Bonchev–Trinajstić information content (AvgIpc) is 2.48. The van der Waals surface area contributed by atoms with Crippen molar-refractivity contribution in [3.63, 3.8) is 0 Å². The highest BCUT2D eigenvalue weighted by atomic mass is 32.2. The molecule has 0 atom stereocenters. The molecule has 1 heterocycles. The van der Waals surface area contributed by atoms with Crippen molar-refractivity contribution in [2.24, 2.45) is 0 Å². The van der Waals surface area contributed by atoms with Gasteiger partial charge in [0.15, 0.2) is 0 Å². The minimum absolute atomic E-state index is 0.255. The second-order valence-electron chi connectivity index (χ2n) is 2.65. The number of thioether (sulfide) groups is 1. The van der Waals surface area contributed by atoms with E-state index in [4.69, 9.17) is 0 Å². The Morgan fingerprint density at radius 1 is 1.38 bits per heavy atom. The second-order valence-corrected chi connectivity index (χ2v) is 5.32. The number of aromatic hydroxyl groups is 1. The van der Waals surface area contributed by atoms with Gasteiger partial charge < -0.3 is 5.11 Å². The molecular formula is C9H8OS3. The molecule has 2 aromatic rings. The van der Waals surface area contributed by atoms with Crippen molar-refractivity contribution in [3.05, 3.63) is 18.2 Å². The Morgan fingerprint density at radius 2 is 2.15 bits per heavy atom. The van der Waals surface area contributed by atoms with Gasteiger partial charge in [-0.3, -0.25) is 0 Å². The molecule has 0 radical (unpaired) electrons. The first kappa shape index (κ1) is 9.24. The number of thiophene rings is 1. The first-order valence-electron chi connectivity index (χ1n) is 3.70. The molecular weight excluding hydrogens is 220 g/mol. The zero-order valence-corrected chi connectivity index (χ0v) is 9.47. The van der Waals surface area contributed by atoms with Gasteiger partial charge in [0.25, 0.3) is 0 Å². The normalized spacial score (nSPS) is 10.9. The van der Waals surface area contributed by atoms with Crippen LogP contribution in [0.2, 0.25) is 0 Å².